The molecule has 2 aromatic rings. The Hall–Kier alpha value is -2.15. The van der Waals surface area contributed by atoms with Crippen LogP contribution in [0.15, 0.2) is 23.0 Å². The fourth-order valence-corrected chi connectivity index (χ4v) is 1.54. The maximum absolute atomic E-state index is 11.7. The summed E-state index contributed by atoms with van der Waals surface area (Å²) in [4.78, 5) is 14.1. The van der Waals surface area contributed by atoms with Gasteiger partial charge in [0.05, 0.1) is 7.11 Å². The van der Waals surface area contributed by atoms with E-state index >= 15 is 0 Å². The molecule has 1 aromatic carbocycles. The van der Waals surface area contributed by atoms with Crippen molar-refractivity contribution < 1.29 is 4.74 Å². The zero-order valence-electron chi connectivity index (χ0n) is 8.98. The van der Waals surface area contributed by atoms with Crippen LogP contribution in [0.1, 0.15) is 0 Å². The Morgan fingerprint density at radius 3 is 2.88 bits per heavy atom. The molecule has 0 amide bonds. The lowest BCUT2D eigenvalue weighted by Crippen LogP contribution is -2.13. The minimum atomic E-state index is -0.395. The number of nitrogens with one attached hydrogen (secondary N) is 2. The molecule has 1 aromatic heterocycles. The number of aromatic amines is 2. The topological polar surface area (TPSA) is 96.8 Å². The summed E-state index contributed by atoms with van der Waals surface area (Å²) in [6.45, 7) is 0. The van der Waals surface area contributed by atoms with Gasteiger partial charge in [-0.3, -0.25) is 14.9 Å². The van der Waals surface area contributed by atoms with Gasteiger partial charge in [-0.25, -0.2) is 0 Å². The van der Waals surface area contributed by atoms with Crippen LogP contribution in [-0.4, -0.2) is 22.3 Å². The van der Waals surface area contributed by atoms with Gasteiger partial charge < -0.3 is 10.5 Å². The van der Waals surface area contributed by atoms with Crippen LogP contribution in [0.4, 0.5) is 5.69 Å². The largest absolute Gasteiger partial charge is 0.497 e. The van der Waals surface area contributed by atoms with Gasteiger partial charge in [-0.1, -0.05) is 0 Å². The van der Waals surface area contributed by atoms with Crippen LogP contribution in [0.2, 0.25) is 0 Å². The molecule has 2 rings (SSSR count). The number of nitrogens with zero attached hydrogens (tertiary/aromatic N) is 1. The van der Waals surface area contributed by atoms with Gasteiger partial charge in [-0.15, -0.1) is 0 Å². The van der Waals surface area contributed by atoms with Crippen LogP contribution in [-0.2, 0) is 0 Å². The molecule has 6 nitrogen and oxygen atoms in total. The Kier molecular flexibility index (Phi) is 2.92. The van der Waals surface area contributed by atoms with Crippen LogP contribution in [0.25, 0.3) is 11.3 Å². The molecule has 0 bridgehead atoms. The van der Waals surface area contributed by atoms with Crippen LogP contribution >= 0.6 is 12.2 Å². The predicted molar refractivity (Wildman–Crippen MR) is 66.4 cm³/mol. The Morgan fingerprint density at radius 1 is 1.47 bits per heavy atom. The van der Waals surface area contributed by atoms with Crippen molar-refractivity contribution in [1.82, 2.24) is 15.2 Å². The molecule has 17 heavy (non-hydrogen) atoms. The molecule has 0 saturated carbocycles. The number of nitrogens with two attached hydrogens (primary N) is 1. The van der Waals surface area contributed by atoms with Crippen molar-refractivity contribution >= 4 is 17.9 Å². The smallest absolute Gasteiger partial charge is 0.278 e. The third kappa shape index (κ3) is 2.18. The van der Waals surface area contributed by atoms with Gasteiger partial charge in [0.2, 0.25) is 0 Å². The van der Waals surface area contributed by atoms with Gasteiger partial charge in [0, 0.05) is 11.3 Å². The number of anilines is 1. The molecule has 0 spiro atoms. The lowest BCUT2D eigenvalue weighted by Gasteiger charge is -2.06. The quantitative estimate of drug-likeness (QED) is 0.547. The number of aromatic nitrogens is 3. The molecular formula is C10H10N4O2S. The van der Waals surface area contributed by atoms with Crippen molar-refractivity contribution in [3.63, 3.8) is 0 Å². The SMILES string of the molecule is COc1ccc(N)c(-c2n[nH]c(=S)[nH]c2=O)c1. The summed E-state index contributed by atoms with van der Waals surface area (Å²) < 4.78 is 5.24. The number of methoxy groups -OCH3 is 1. The first kappa shape index (κ1) is 11.3. The first-order valence-electron chi connectivity index (χ1n) is 4.74. The van der Waals surface area contributed by atoms with Crippen molar-refractivity contribution in [3.8, 4) is 17.0 Å². The molecule has 0 radical (unpaired) electrons. The summed E-state index contributed by atoms with van der Waals surface area (Å²) in [5.74, 6) is 0.595. The molecule has 0 saturated heterocycles. The van der Waals surface area contributed by atoms with Crippen LogP contribution in [0, 0.1) is 4.77 Å². The van der Waals surface area contributed by atoms with E-state index in [4.69, 9.17) is 22.7 Å². The lowest BCUT2D eigenvalue weighted by molar-refractivity contribution is 0.415. The second kappa shape index (κ2) is 4.38. The summed E-state index contributed by atoms with van der Waals surface area (Å²) in [5.41, 5.74) is 6.51. The average Bonchev–Trinajstić information content (AvgIpc) is 2.30. The summed E-state index contributed by atoms with van der Waals surface area (Å²) in [6, 6.07) is 5.00. The highest BCUT2D eigenvalue weighted by Crippen LogP contribution is 2.25. The maximum Gasteiger partial charge on any atom is 0.278 e. The second-order valence-electron chi connectivity index (χ2n) is 3.31. The molecule has 1 heterocycles. The highest BCUT2D eigenvalue weighted by atomic mass is 32.1. The molecule has 0 atom stereocenters. The van der Waals surface area contributed by atoms with Gasteiger partial charge in [0.15, 0.2) is 10.5 Å². The minimum absolute atomic E-state index is 0.167. The van der Waals surface area contributed by atoms with E-state index < -0.39 is 5.56 Å². The Morgan fingerprint density at radius 2 is 2.24 bits per heavy atom. The fourth-order valence-electron chi connectivity index (χ4n) is 1.40. The van der Waals surface area contributed by atoms with E-state index in [1.165, 1.54) is 7.11 Å². The number of hydrogen-bond acceptors (Lipinski definition) is 5. The number of benzene rings is 1. The third-order valence-corrected chi connectivity index (χ3v) is 2.42. The Balaban J connectivity index is 2.67. The van der Waals surface area contributed by atoms with Gasteiger partial charge >= 0.3 is 0 Å². The number of ether oxygens (including phenoxy) is 1. The highest BCUT2D eigenvalue weighted by Gasteiger charge is 2.10. The van der Waals surface area contributed by atoms with Crippen molar-refractivity contribution in [2.45, 2.75) is 0 Å². The Labute approximate surface area is 101 Å². The van der Waals surface area contributed by atoms with Gasteiger partial charge in [0.1, 0.15) is 5.75 Å². The van der Waals surface area contributed by atoms with Crippen molar-refractivity contribution in [3.05, 3.63) is 33.3 Å². The van der Waals surface area contributed by atoms with Crippen LogP contribution in [0.3, 0.4) is 0 Å². The van der Waals surface area contributed by atoms with Crippen molar-refractivity contribution in [2.75, 3.05) is 12.8 Å². The van der Waals surface area contributed by atoms with Gasteiger partial charge in [-0.2, -0.15) is 5.10 Å². The summed E-state index contributed by atoms with van der Waals surface area (Å²) in [5, 5.41) is 6.39. The molecule has 0 aliphatic carbocycles. The predicted octanol–water partition coefficient (Wildman–Crippen LogP) is 1.09. The van der Waals surface area contributed by atoms with Crippen molar-refractivity contribution in [1.29, 1.82) is 0 Å². The summed E-state index contributed by atoms with van der Waals surface area (Å²) in [6.07, 6.45) is 0. The molecule has 0 aliphatic rings. The van der Waals surface area contributed by atoms with E-state index in [1.54, 1.807) is 18.2 Å². The van der Waals surface area contributed by atoms with E-state index in [9.17, 15) is 4.79 Å². The molecule has 0 unspecified atom stereocenters. The molecule has 88 valence electrons. The maximum atomic E-state index is 11.7. The van der Waals surface area contributed by atoms with Crippen LogP contribution < -0.4 is 16.0 Å². The zero-order valence-corrected chi connectivity index (χ0v) is 9.80. The van der Waals surface area contributed by atoms with E-state index in [1.807, 2.05) is 0 Å². The Bertz CT molecular complexity index is 662. The first-order valence-corrected chi connectivity index (χ1v) is 5.15. The lowest BCUT2D eigenvalue weighted by atomic mass is 10.1. The number of rotatable bonds is 2. The minimum Gasteiger partial charge on any atom is -0.497 e. The summed E-state index contributed by atoms with van der Waals surface area (Å²) >= 11 is 4.76. The summed E-state index contributed by atoms with van der Waals surface area (Å²) in [7, 11) is 1.53. The number of H-pyrrole nitrogens is 2. The standard InChI is InChI=1S/C10H10N4O2S/c1-16-5-2-3-7(11)6(4-5)8-9(15)12-10(17)14-13-8/h2-4H,11H2,1H3,(H2,12,14,15,17). The molecule has 0 aliphatic heterocycles. The first-order chi connectivity index (χ1) is 8.11. The molecular weight excluding hydrogens is 240 g/mol. The second-order valence-corrected chi connectivity index (χ2v) is 3.72. The number of hydrogen-bond donors (Lipinski definition) is 3. The zero-order chi connectivity index (χ0) is 12.4. The van der Waals surface area contributed by atoms with E-state index in [0.29, 0.717) is 17.0 Å². The van der Waals surface area contributed by atoms with E-state index in [-0.39, 0.29) is 10.5 Å². The number of nitrogen functional groups attached to an aromatic ring is 1. The van der Waals surface area contributed by atoms with E-state index in [2.05, 4.69) is 15.2 Å². The van der Waals surface area contributed by atoms with Crippen molar-refractivity contribution in [2.24, 2.45) is 0 Å². The normalized spacial score (nSPS) is 10.2. The molecule has 4 N–H and O–H groups in total. The molecule has 0 fully saturated rings. The highest BCUT2D eigenvalue weighted by molar-refractivity contribution is 7.71. The monoisotopic (exact) mass is 250 g/mol. The van der Waals surface area contributed by atoms with Gasteiger partial charge in [-0.05, 0) is 30.4 Å². The third-order valence-electron chi connectivity index (χ3n) is 2.23. The van der Waals surface area contributed by atoms with Crippen LogP contribution in [0.5, 0.6) is 5.75 Å². The molecule has 7 heteroatoms. The van der Waals surface area contributed by atoms with E-state index in [0.717, 1.165) is 0 Å². The fraction of sp³-hybridized carbons (Fsp3) is 0.100. The van der Waals surface area contributed by atoms with Gasteiger partial charge in [0.25, 0.3) is 5.56 Å². The average molecular weight is 250 g/mol.